The van der Waals surface area contributed by atoms with Crippen LogP contribution in [-0.2, 0) is 0 Å². The Labute approximate surface area is 121 Å². The van der Waals surface area contributed by atoms with Gasteiger partial charge in [0.15, 0.2) is 0 Å². The largest absolute Gasteiger partial charge is 0.485 e. The number of benzene rings is 1. The van der Waals surface area contributed by atoms with E-state index in [-0.39, 0.29) is 11.8 Å². The molecule has 0 spiro atoms. The number of hydrogen-bond donors (Lipinski definition) is 1. The minimum Gasteiger partial charge on any atom is -0.485 e. The number of para-hydroxylation sites is 1. The molecule has 2 rings (SSSR count). The molecular weight excluding hydrogens is 312 g/mol. The molecule has 1 aliphatic rings. The maximum atomic E-state index is 13.3. The van der Waals surface area contributed by atoms with Crippen molar-refractivity contribution in [1.29, 1.82) is 0 Å². The zero-order valence-corrected chi connectivity index (χ0v) is 10.9. The lowest BCUT2D eigenvalue weighted by atomic mass is 9.76. The molecule has 22 heavy (non-hydrogen) atoms. The molecule has 0 radical (unpaired) electrons. The molecule has 1 atom stereocenters. The molecular formula is C14H11F6NO. The highest BCUT2D eigenvalue weighted by Gasteiger charge is 2.74. The molecule has 120 valence electrons. The van der Waals surface area contributed by atoms with E-state index < -0.39 is 29.6 Å². The quantitative estimate of drug-likeness (QED) is 0.836. The number of halogens is 6. The minimum atomic E-state index is -5.62. The van der Waals surface area contributed by atoms with E-state index in [4.69, 9.17) is 10.5 Å². The third kappa shape index (κ3) is 2.65. The number of allylic oxidation sites excluding steroid dienone is 1. The van der Waals surface area contributed by atoms with E-state index in [0.29, 0.717) is 6.08 Å². The molecule has 0 heterocycles. The van der Waals surface area contributed by atoms with Crippen LogP contribution < -0.4 is 10.5 Å². The normalized spacial score (nSPS) is 21.4. The van der Waals surface area contributed by atoms with Gasteiger partial charge in [-0.2, -0.15) is 26.3 Å². The van der Waals surface area contributed by atoms with Crippen LogP contribution in [0, 0.1) is 5.41 Å². The molecule has 0 saturated carbocycles. The summed E-state index contributed by atoms with van der Waals surface area (Å²) in [6, 6.07) is 6.98. The zero-order chi connectivity index (χ0) is 16.6. The van der Waals surface area contributed by atoms with E-state index in [1.165, 1.54) is 24.3 Å². The van der Waals surface area contributed by atoms with Crippen molar-refractivity contribution in [2.24, 2.45) is 11.1 Å². The Morgan fingerprint density at radius 1 is 0.955 bits per heavy atom. The molecule has 0 amide bonds. The van der Waals surface area contributed by atoms with Gasteiger partial charge in [-0.3, -0.25) is 0 Å². The second-order valence-corrected chi connectivity index (χ2v) is 4.72. The van der Waals surface area contributed by atoms with Crippen LogP contribution >= 0.6 is 0 Å². The van der Waals surface area contributed by atoms with E-state index in [1.807, 2.05) is 0 Å². The Bertz CT molecular complexity index is 574. The van der Waals surface area contributed by atoms with Gasteiger partial charge >= 0.3 is 12.4 Å². The maximum Gasteiger partial charge on any atom is 0.410 e. The van der Waals surface area contributed by atoms with Crippen molar-refractivity contribution in [3.05, 3.63) is 54.3 Å². The van der Waals surface area contributed by atoms with Gasteiger partial charge in [-0.05, 0) is 30.4 Å². The lowest BCUT2D eigenvalue weighted by Crippen LogP contribution is -2.58. The van der Waals surface area contributed by atoms with Gasteiger partial charge in [-0.1, -0.05) is 18.2 Å². The molecule has 1 aromatic carbocycles. The molecule has 1 aliphatic carbocycles. The van der Waals surface area contributed by atoms with E-state index in [2.05, 4.69) is 0 Å². The summed E-state index contributed by atoms with van der Waals surface area (Å²) in [6.45, 7) is 0. The first-order valence-corrected chi connectivity index (χ1v) is 6.09. The summed E-state index contributed by atoms with van der Waals surface area (Å²) in [5.74, 6) is -0.108. The first-order chi connectivity index (χ1) is 10.1. The molecule has 0 aromatic heterocycles. The Hall–Kier alpha value is -2.12. The van der Waals surface area contributed by atoms with Crippen LogP contribution in [0.4, 0.5) is 26.3 Å². The first kappa shape index (κ1) is 16.3. The van der Waals surface area contributed by atoms with Crippen molar-refractivity contribution in [2.75, 3.05) is 0 Å². The summed E-state index contributed by atoms with van der Waals surface area (Å²) in [4.78, 5) is 0. The fourth-order valence-corrected chi connectivity index (χ4v) is 2.17. The highest BCUT2D eigenvalue weighted by Crippen LogP contribution is 2.56. The number of ether oxygens (including phenoxy) is 1. The smallest absolute Gasteiger partial charge is 0.410 e. The average molecular weight is 323 g/mol. The van der Waals surface area contributed by atoms with Crippen molar-refractivity contribution < 1.29 is 31.1 Å². The fourth-order valence-electron chi connectivity index (χ4n) is 2.17. The molecule has 2 nitrogen and oxygen atoms in total. The van der Waals surface area contributed by atoms with Gasteiger partial charge < -0.3 is 10.5 Å². The maximum absolute atomic E-state index is 13.3. The SMILES string of the molecule is NC1=CC(C(F)(F)F)(C(F)(F)F)C(Oc2ccccc2)C=C1. The summed E-state index contributed by atoms with van der Waals surface area (Å²) < 4.78 is 84.7. The van der Waals surface area contributed by atoms with Gasteiger partial charge in [0.05, 0.1) is 0 Å². The average Bonchev–Trinajstić information content (AvgIpc) is 2.39. The van der Waals surface area contributed by atoms with Crippen molar-refractivity contribution in [2.45, 2.75) is 18.5 Å². The Morgan fingerprint density at radius 2 is 1.50 bits per heavy atom. The van der Waals surface area contributed by atoms with Crippen LogP contribution in [-0.4, -0.2) is 18.5 Å². The third-order valence-electron chi connectivity index (χ3n) is 3.25. The van der Waals surface area contributed by atoms with Gasteiger partial charge in [0.2, 0.25) is 5.41 Å². The monoisotopic (exact) mass is 323 g/mol. The van der Waals surface area contributed by atoms with Gasteiger partial charge in [-0.25, -0.2) is 0 Å². The second kappa shape index (κ2) is 5.26. The van der Waals surface area contributed by atoms with E-state index in [0.717, 1.165) is 6.08 Å². The van der Waals surface area contributed by atoms with Crippen LogP contribution in [0.3, 0.4) is 0 Å². The van der Waals surface area contributed by atoms with Gasteiger partial charge in [-0.15, -0.1) is 0 Å². The number of nitrogens with two attached hydrogens (primary N) is 1. The molecule has 1 aromatic rings. The molecule has 2 N–H and O–H groups in total. The predicted molar refractivity (Wildman–Crippen MR) is 66.8 cm³/mol. The van der Waals surface area contributed by atoms with Crippen molar-refractivity contribution in [3.63, 3.8) is 0 Å². The van der Waals surface area contributed by atoms with Gasteiger partial charge in [0.1, 0.15) is 11.9 Å². The molecule has 0 bridgehead atoms. The molecule has 1 unspecified atom stereocenters. The summed E-state index contributed by atoms with van der Waals surface area (Å²) in [6.07, 6.45) is -12.0. The summed E-state index contributed by atoms with van der Waals surface area (Å²) in [7, 11) is 0. The summed E-state index contributed by atoms with van der Waals surface area (Å²) >= 11 is 0. The summed E-state index contributed by atoms with van der Waals surface area (Å²) in [5, 5.41) is 0. The Morgan fingerprint density at radius 3 is 2.00 bits per heavy atom. The van der Waals surface area contributed by atoms with E-state index in [1.54, 1.807) is 6.07 Å². The van der Waals surface area contributed by atoms with Crippen LogP contribution in [0.5, 0.6) is 5.75 Å². The second-order valence-electron chi connectivity index (χ2n) is 4.72. The number of hydrogen-bond acceptors (Lipinski definition) is 2. The lowest BCUT2D eigenvalue weighted by Gasteiger charge is -2.41. The van der Waals surface area contributed by atoms with E-state index in [9.17, 15) is 26.3 Å². The zero-order valence-electron chi connectivity index (χ0n) is 10.9. The lowest BCUT2D eigenvalue weighted by molar-refractivity contribution is -0.337. The molecule has 0 saturated heterocycles. The van der Waals surface area contributed by atoms with Gasteiger partial charge in [0, 0.05) is 5.70 Å². The van der Waals surface area contributed by atoms with Crippen LogP contribution in [0.15, 0.2) is 54.3 Å². The van der Waals surface area contributed by atoms with Crippen LogP contribution in [0.2, 0.25) is 0 Å². The highest BCUT2D eigenvalue weighted by atomic mass is 19.4. The molecule has 0 aliphatic heterocycles. The van der Waals surface area contributed by atoms with Crippen molar-refractivity contribution >= 4 is 0 Å². The molecule has 0 fully saturated rings. The fraction of sp³-hybridized carbons (Fsp3) is 0.286. The standard InChI is InChI=1S/C14H11F6NO/c15-13(16,17)12(14(18,19)20)8-9(21)6-7-11(12)22-10-4-2-1-3-5-10/h1-8,11H,21H2. The third-order valence-corrected chi connectivity index (χ3v) is 3.25. The summed E-state index contributed by atoms with van der Waals surface area (Å²) in [5.41, 5.74) is 0.356. The number of rotatable bonds is 2. The van der Waals surface area contributed by atoms with Crippen LogP contribution in [0.25, 0.3) is 0 Å². The van der Waals surface area contributed by atoms with Crippen molar-refractivity contribution in [3.8, 4) is 5.75 Å². The minimum absolute atomic E-state index is 0.0411. The van der Waals surface area contributed by atoms with Crippen molar-refractivity contribution in [1.82, 2.24) is 0 Å². The first-order valence-electron chi connectivity index (χ1n) is 6.09. The topological polar surface area (TPSA) is 35.2 Å². The molecule has 8 heteroatoms. The number of alkyl halides is 6. The Balaban J connectivity index is 2.53. The predicted octanol–water partition coefficient (Wildman–Crippen LogP) is 3.96. The van der Waals surface area contributed by atoms with E-state index >= 15 is 0 Å². The van der Waals surface area contributed by atoms with Crippen LogP contribution in [0.1, 0.15) is 0 Å². The highest BCUT2D eigenvalue weighted by molar-refractivity contribution is 5.33. The van der Waals surface area contributed by atoms with Gasteiger partial charge in [0.25, 0.3) is 0 Å². The Kier molecular flexibility index (Phi) is 3.88.